The number of fused-ring (bicyclic) bond motifs is 1. The monoisotopic (exact) mass is 355 g/mol. The number of rotatable bonds is 4. The summed E-state index contributed by atoms with van der Waals surface area (Å²) in [6.07, 6.45) is 3.25. The molecule has 0 saturated heterocycles. The summed E-state index contributed by atoms with van der Waals surface area (Å²) >= 11 is 6.05. The molecule has 0 aliphatic rings. The lowest BCUT2D eigenvalue weighted by molar-refractivity contribution is -0.384. The maximum atomic E-state index is 11.0. The Morgan fingerprint density at radius 2 is 1.76 bits per heavy atom. The Morgan fingerprint density at radius 3 is 2.48 bits per heavy atom. The maximum absolute atomic E-state index is 11.0. The van der Waals surface area contributed by atoms with Gasteiger partial charge in [0.05, 0.1) is 26.4 Å². The number of hydrogen-bond acceptors (Lipinski definition) is 5. The van der Waals surface area contributed by atoms with Gasteiger partial charge < -0.3 is 0 Å². The van der Waals surface area contributed by atoms with Crippen LogP contribution in [0.1, 0.15) is 11.3 Å². The lowest BCUT2D eigenvalue weighted by atomic mass is 10.1. The molecule has 0 bridgehead atoms. The van der Waals surface area contributed by atoms with E-state index in [2.05, 4.69) is 4.98 Å². The Balaban J connectivity index is 1.98. The number of aromatic nitrogens is 1. The van der Waals surface area contributed by atoms with Crippen LogP contribution >= 0.6 is 11.6 Å². The van der Waals surface area contributed by atoms with Gasteiger partial charge in [0, 0.05) is 23.2 Å². The minimum Gasteiger partial charge on any atom is -0.258 e. The summed E-state index contributed by atoms with van der Waals surface area (Å²) in [5.41, 5.74) is 1.45. The van der Waals surface area contributed by atoms with Gasteiger partial charge in [0.2, 0.25) is 0 Å². The molecule has 0 saturated carbocycles. The van der Waals surface area contributed by atoms with Crippen LogP contribution in [-0.2, 0) is 0 Å². The summed E-state index contributed by atoms with van der Waals surface area (Å²) in [7, 11) is 0. The van der Waals surface area contributed by atoms with Gasteiger partial charge in [0.25, 0.3) is 11.4 Å². The molecule has 8 heteroatoms. The van der Waals surface area contributed by atoms with Gasteiger partial charge in [0.1, 0.15) is 0 Å². The molecule has 0 aliphatic carbocycles. The Labute approximate surface area is 146 Å². The zero-order valence-electron chi connectivity index (χ0n) is 12.6. The lowest BCUT2D eigenvalue weighted by Crippen LogP contribution is -1.91. The zero-order valence-corrected chi connectivity index (χ0v) is 13.4. The van der Waals surface area contributed by atoms with Crippen LogP contribution < -0.4 is 0 Å². The molecular formula is C17H10ClN3O4. The largest absolute Gasteiger partial charge is 0.278 e. The first-order valence-corrected chi connectivity index (χ1v) is 7.50. The molecule has 3 rings (SSSR count). The summed E-state index contributed by atoms with van der Waals surface area (Å²) in [5, 5.41) is 22.7. The van der Waals surface area contributed by atoms with Crippen molar-refractivity contribution in [3.63, 3.8) is 0 Å². The summed E-state index contributed by atoms with van der Waals surface area (Å²) < 4.78 is 0. The van der Waals surface area contributed by atoms with Crippen molar-refractivity contribution < 1.29 is 9.85 Å². The smallest absolute Gasteiger partial charge is 0.258 e. The first-order valence-electron chi connectivity index (χ1n) is 7.12. The normalized spacial score (nSPS) is 11.1. The highest BCUT2D eigenvalue weighted by molar-refractivity contribution is 6.32. The zero-order chi connectivity index (χ0) is 18.0. The van der Waals surface area contributed by atoms with Crippen molar-refractivity contribution in [2.24, 2.45) is 0 Å². The average Bonchev–Trinajstić information content (AvgIpc) is 2.59. The summed E-state index contributed by atoms with van der Waals surface area (Å²) in [5.74, 6) is 0. The lowest BCUT2D eigenvalue weighted by Gasteiger charge is -2.01. The average molecular weight is 356 g/mol. The second-order valence-electron chi connectivity index (χ2n) is 5.13. The van der Waals surface area contributed by atoms with E-state index in [1.54, 1.807) is 36.4 Å². The number of nitrogens with zero attached hydrogens (tertiary/aromatic N) is 3. The third-order valence-corrected chi connectivity index (χ3v) is 3.90. The van der Waals surface area contributed by atoms with Crippen molar-refractivity contribution in [1.29, 1.82) is 0 Å². The maximum Gasteiger partial charge on any atom is 0.278 e. The molecule has 25 heavy (non-hydrogen) atoms. The molecule has 0 aliphatic heterocycles. The summed E-state index contributed by atoms with van der Waals surface area (Å²) in [6, 6.07) is 12.1. The molecular weight excluding hydrogens is 346 g/mol. The summed E-state index contributed by atoms with van der Waals surface area (Å²) in [6.45, 7) is 0. The molecule has 3 aromatic rings. The first kappa shape index (κ1) is 16.5. The SMILES string of the molecule is O=[N+]([O-])c1ccc(Cl)c(/C=C/c2ccc3c([N+](=O)[O-])cccc3n2)c1. The van der Waals surface area contributed by atoms with Crippen LogP contribution in [0.15, 0.2) is 48.5 Å². The van der Waals surface area contributed by atoms with Crippen molar-refractivity contribution in [3.05, 3.63) is 85.0 Å². The Morgan fingerprint density at radius 1 is 0.960 bits per heavy atom. The molecule has 0 N–H and O–H groups in total. The predicted molar refractivity (Wildman–Crippen MR) is 95.4 cm³/mol. The van der Waals surface area contributed by atoms with E-state index < -0.39 is 9.85 Å². The number of non-ortho nitro benzene ring substituents is 2. The molecule has 0 atom stereocenters. The van der Waals surface area contributed by atoms with E-state index in [1.165, 1.54) is 24.3 Å². The number of nitro benzene ring substituents is 2. The highest BCUT2D eigenvalue weighted by Gasteiger charge is 2.12. The van der Waals surface area contributed by atoms with Crippen molar-refractivity contribution in [1.82, 2.24) is 4.98 Å². The van der Waals surface area contributed by atoms with E-state index in [-0.39, 0.29) is 11.4 Å². The third kappa shape index (κ3) is 3.46. The van der Waals surface area contributed by atoms with Gasteiger partial charge in [-0.25, -0.2) is 4.98 Å². The standard InChI is InChI=1S/C17H10ClN3O4/c18-15-9-7-13(20(22)23)10-11(15)4-5-12-6-8-14-16(19-12)2-1-3-17(14)21(24)25/h1-10H/b5-4+. The van der Waals surface area contributed by atoms with Gasteiger partial charge in [0.15, 0.2) is 0 Å². The van der Waals surface area contributed by atoms with Crippen LogP contribution in [0, 0.1) is 20.2 Å². The number of benzene rings is 2. The van der Waals surface area contributed by atoms with E-state index in [0.29, 0.717) is 27.2 Å². The van der Waals surface area contributed by atoms with E-state index >= 15 is 0 Å². The van der Waals surface area contributed by atoms with Crippen molar-refractivity contribution in [2.45, 2.75) is 0 Å². The Hall–Kier alpha value is -3.32. The number of hydrogen-bond donors (Lipinski definition) is 0. The molecule has 1 aromatic heterocycles. The minimum absolute atomic E-state index is 0.0118. The number of nitro groups is 2. The van der Waals surface area contributed by atoms with Gasteiger partial charge in [-0.05, 0) is 35.9 Å². The molecule has 2 aromatic carbocycles. The molecule has 0 spiro atoms. The second-order valence-corrected chi connectivity index (χ2v) is 5.54. The quantitative estimate of drug-likeness (QED) is 0.490. The molecule has 7 nitrogen and oxygen atoms in total. The first-order chi connectivity index (χ1) is 12.0. The van der Waals surface area contributed by atoms with Crippen LogP contribution in [0.2, 0.25) is 5.02 Å². The Kier molecular flexibility index (Phi) is 4.40. The highest BCUT2D eigenvalue weighted by atomic mass is 35.5. The third-order valence-electron chi connectivity index (χ3n) is 3.55. The van der Waals surface area contributed by atoms with Gasteiger partial charge in [-0.2, -0.15) is 0 Å². The van der Waals surface area contributed by atoms with Crippen LogP contribution in [-0.4, -0.2) is 14.8 Å². The fourth-order valence-corrected chi connectivity index (χ4v) is 2.53. The van der Waals surface area contributed by atoms with Gasteiger partial charge in [-0.1, -0.05) is 23.7 Å². The molecule has 0 radical (unpaired) electrons. The number of pyridine rings is 1. The van der Waals surface area contributed by atoms with Gasteiger partial charge >= 0.3 is 0 Å². The van der Waals surface area contributed by atoms with E-state index in [0.717, 1.165) is 0 Å². The van der Waals surface area contributed by atoms with Crippen LogP contribution in [0.25, 0.3) is 23.1 Å². The molecule has 0 unspecified atom stereocenters. The van der Waals surface area contributed by atoms with Gasteiger partial charge in [-0.15, -0.1) is 0 Å². The fourth-order valence-electron chi connectivity index (χ4n) is 2.35. The molecule has 124 valence electrons. The molecule has 1 heterocycles. The molecule has 0 amide bonds. The van der Waals surface area contributed by atoms with Crippen LogP contribution in [0.5, 0.6) is 0 Å². The highest BCUT2D eigenvalue weighted by Crippen LogP contribution is 2.26. The van der Waals surface area contributed by atoms with E-state index in [9.17, 15) is 20.2 Å². The minimum atomic E-state index is -0.499. The second kappa shape index (κ2) is 6.66. The fraction of sp³-hybridized carbons (Fsp3) is 0. The van der Waals surface area contributed by atoms with Crippen LogP contribution in [0.4, 0.5) is 11.4 Å². The van der Waals surface area contributed by atoms with Crippen molar-refractivity contribution in [2.75, 3.05) is 0 Å². The van der Waals surface area contributed by atoms with E-state index in [4.69, 9.17) is 11.6 Å². The molecule has 0 fully saturated rings. The van der Waals surface area contributed by atoms with E-state index in [1.807, 2.05) is 0 Å². The predicted octanol–water partition coefficient (Wildman–Crippen LogP) is 4.88. The van der Waals surface area contributed by atoms with Crippen molar-refractivity contribution in [3.8, 4) is 0 Å². The van der Waals surface area contributed by atoms with Crippen LogP contribution in [0.3, 0.4) is 0 Å². The summed E-state index contributed by atoms with van der Waals surface area (Å²) in [4.78, 5) is 25.3. The van der Waals surface area contributed by atoms with Gasteiger partial charge in [-0.3, -0.25) is 20.2 Å². The number of halogens is 1. The Bertz CT molecular complexity index is 1030. The van der Waals surface area contributed by atoms with Crippen molar-refractivity contribution >= 4 is 46.0 Å². The topological polar surface area (TPSA) is 99.2 Å².